The van der Waals surface area contributed by atoms with Crippen LogP contribution in [-0.4, -0.2) is 38.2 Å². The quantitative estimate of drug-likeness (QED) is 0.644. The summed E-state index contributed by atoms with van der Waals surface area (Å²) in [5.41, 5.74) is 1.24. The SMILES string of the molecule is O=C(Cn1ccc2ccccc21)N1CC2C[C@@H](C1)Cn1c2ccc([NH+]([O-])O)c1=O. The lowest BCUT2D eigenvalue weighted by molar-refractivity contribution is -0.992. The molecule has 0 saturated carbocycles. The Morgan fingerprint density at radius 3 is 2.79 bits per heavy atom. The number of aromatic nitrogens is 2. The molecule has 2 bridgehead atoms. The fourth-order valence-corrected chi connectivity index (χ4v) is 4.84. The lowest BCUT2D eigenvalue weighted by Gasteiger charge is -2.43. The van der Waals surface area contributed by atoms with Gasteiger partial charge in [0, 0.05) is 49.0 Å². The molecule has 2 unspecified atom stereocenters. The average Bonchev–Trinajstić information content (AvgIpc) is 3.11. The molecule has 1 aromatic carbocycles. The molecule has 8 nitrogen and oxygen atoms in total. The third-order valence-electron chi connectivity index (χ3n) is 6.17. The van der Waals surface area contributed by atoms with Crippen LogP contribution in [-0.2, 0) is 17.9 Å². The Morgan fingerprint density at radius 2 is 1.97 bits per heavy atom. The van der Waals surface area contributed by atoms with Crippen LogP contribution in [0.2, 0.25) is 0 Å². The van der Waals surface area contributed by atoms with Gasteiger partial charge >= 0.3 is 5.56 Å². The number of piperidine rings is 1. The van der Waals surface area contributed by atoms with Gasteiger partial charge in [-0.25, -0.2) is 5.21 Å². The van der Waals surface area contributed by atoms with Crippen molar-refractivity contribution in [3.05, 3.63) is 69.9 Å². The summed E-state index contributed by atoms with van der Waals surface area (Å²) in [6.45, 7) is 1.90. The molecule has 0 spiro atoms. The van der Waals surface area contributed by atoms with Crippen LogP contribution < -0.4 is 10.8 Å². The molecule has 0 aliphatic carbocycles. The summed E-state index contributed by atoms with van der Waals surface area (Å²) in [6.07, 6.45) is 2.86. The summed E-state index contributed by atoms with van der Waals surface area (Å²) in [4.78, 5) is 27.5. The Hall–Kier alpha value is -2.94. The van der Waals surface area contributed by atoms with E-state index in [9.17, 15) is 20.0 Å². The zero-order valence-corrected chi connectivity index (χ0v) is 15.8. The predicted molar refractivity (Wildman–Crippen MR) is 106 cm³/mol. The van der Waals surface area contributed by atoms with Crippen molar-refractivity contribution in [1.29, 1.82) is 0 Å². The van der Waals surface area contributed by atoms with Crippen molar-refractivity contribution in [1.82, 2.24) is 14.0 Å². The number of carbonyl (C=O) groups is 1. The number of nitrogens with one attached hydrogen (secondary N) is 1. The predicted octanol–water partition coefficient (Wildman–Crippen LogP) is 0.852. The standard InChI is InChI=1S/C21H22N4O4/c26-20(13-22-8-7-15-3-1-2-4-17(15)22)23-10-14-9-16(12-23)18-5-6-19(25(28)29)21(27)24(18)11-14/h1-8,14,16,25,28H,9-13H2/t14-,16?/m0/s1. The van der Waals surface area contributed by atoms with E-state index < -0.39 is 10.8 Å². The highest BCUT2D eigenvalue weighted by Crippen LogP contribution is 2.35. The number of benzene rings is 1. The fraction of sp³-hybridized carbons (Fsp3) is 0.333. The van der Waals surface area contributed by atoms with Gasteiger partial charge in [-0.2, -0.15) is 5.23 Å². The van der Waals surface area contributed by atoms with Crippen molar-refractivity contribution in [2.75, 3.05) is 13.1 Å². The third kappa shape index (κ3) is 3.05. The van der Waals surface area contributed by atoms with E-state index in [0.29, 0.717) is 19.6 Å². The monoisotopic (exact) mass is 394 g/mol. The number of quaternary nitrogens is 1. The minimum absolute atomic E-state index is 0.0587. The molecule has 1 amide bonds. The third-order valence-corrected chi connectivity index (χ3v) is 6.17. The summed E-state index contributed by atoms with van der Waals surface area (Å²) in [5, 5.41) is 20.4. The van der Waals surface area contributed by atoms with E-state index in [0.717, 1.165) is 23.0 Å². The van der Waals surface area contributed by atoms with E-state index >= 15 is 0 Å². The fourth-order valence-electron chi connectivity index (χ4n) is 4.84. The van der Waals surface area contributed by atoms with Crippen LogP contribution in [0.4, 0.5) is 5.69 Å². The summed E-state index contributed by atoms with van der Waals surface area (Å²) in [5.74, 6) is 0.288. The highest BCUT2D eigenvalue weighted by Gasteiger charge is 2.37. The first-order valence-electron chi connectivity index (χ1n) is 9.80. The van der Waals surface area contributed by atoms with Crippen molar-refractivity contribution >= 4 is 22.5 Å². The van der Waals surface area contributed by atoms with Crippen molar-refractivity contribution in [3.8, 4) is 0 Å². The van der Waals surface area contributed by atoms with Gasteiger partial charge in [0.1, 0.15) is 6.54 Å². The lowest BCUT2D eigenvalue weighted by atomic mass is 9.83. The number of pyridine rings is 1. The van der Waals surface area contributed by atoms with Gasteiger partial charge in [0.25, 0.3) is 0 Å². The maximum Gasteiger partial charge on any atom is 0.315 e. The molecule has 2 aromatic heterocycles. The van der Waals surface area contributed by atoms with E-state index in [4.69, 9.17) is 0 Å². The number of nitrogens with zero attached hydrogens (tertiary/aromatic N) is 3. The van der Waals surface area contributed by atoms with Crippen molar-refractivity contribution in [2.24, 2.45) is 5.92 Å². The number of hydrogen-bond donors (Lipinski definition) is 2. The molecule has 3 aromatic rings. The zero-order chi connectivity index (χ0) is 20.1. The second kappa shape index (κ2) is 6.84. The van der Waals surface area contributed by atoms with Gasteiger partial charge in [0.05, 0.1) is 0 Å². The molecule has 0 radical (unpaired) electrons. The average molecular weight is 394 g/mol. The van der Waals surface area contributed by atoms with Crippen LogP contribution in [0.1, 0.15) is 18.0 Å². The molecule has 1 saturated heterocycles. The molecule has 5 rings (SSSR count). The van der Waals surface area contributed by atoms with Crippen molar-refractivity contribution in [3.63, 3.8) is 0 Å². The highest BCUT2D eigenvalue weighted by molar-refractivity contribution is 5.83. The molecule has 150 valence electrons. The lowest BCUT2D eigenvalue weighted by Crippen LogP contribution is -3.00. The largest absolute Gasteiger partial charge is 0.595 e. The molecule has 8 heteroatoms. The summed E-state index contributed by atoms with van der Waals surface area (Å²) >= 11 is 0. The summed E-state index contributed by atoms with van der Waals surface area (Å²) < 4.78 is 3.57. The van der Waals surface area contributed by atoms with Gasteiger partial charge in [0.15, 0.2) is 0 Å². The van der Waals surface area contributed by atoms with Crippen LogP contribution in [0, 0.1) is 11.1 Å². The molecule has 2 N–H and O–H groups in total. The Morgan fingerprint density at radius 1 is 1.14 bits per heavy atom. The normalized spacial score (nSPS) is 21.8. The number of amides is 1. The maximum absolute atomic E-state index is 13.0. The second-order valence-corrected chi connectivity index (χ2v) is 7.99. The van der Waals surface area contributed by atoms with Crippen LogP contribution in [0.25, 0.3) is 10.9 Å². The molecular formula is C21H22N4O4. The first-order chi connectivity index (χ1) is 14.0. The minimum atomic E-state index is -1.20. The molecular weight excluding hydrogens is 372 g/mol. The number of carbonyl (C=O) groups excluding carboxylic acids is 1. The first kappa shape index (κ1) is 18.1. The van der Waals surface area contributed by atoms with E-state index in [1.54, 1.807) is 10.6 Å². The molecule has 4 heterocycles. The first-order valence-corrected chi connectivity index (χ1v) is 9.80. The molecule has 29 heavy (non-hydrogen) atoms. The smallest absolute Gasteiger partial charge is 0.315 e. The number of hydrogen-bond acceptors (Lipinski definition) is 4. The van der Waals surface area contributed by atoms with Gasteiger partial charge in [-0.15, -0.1) is 0 Å². The van der Waals surface area contributed by atoms with Gasteiger partial charge in [-0.3, -0.25) is 9.59 Å². The minimum Gasteiger partial charge on any atom is -0.595 e. The Kier molecular flexibility index (Phi) is 4.27. The highest BCUT2D eigenvalue weighted by atomic mass is 16.8. The molecule has 1 fully saturated rings. The van der Waals surface area contributed by atoms with E-state index in [-0.39, 0.29) is 30.0 Å². The van der Waals surface area contributed by atoms with Gasteiger partial charge in [0.2, 0.25) is 11.6 Å². The Labute approximate surface area is 166 Å². The van der Waals surface area contributed by atoms with Gasteiger partial charge < -0.3 is 19.2 Å². The van der Waals surface area contributed by atoms with Crippen LogP contribution in [0.15, 0.2) is 53.5 Å². The molecule has 2 aliphatic rings. The maximum atomic E-state index is 13.0. The topological polar surface area (TPSA) is 95.0 Å². The van der Waals surface area contributed by atoms with Gasteiger partial charge in [-0.05, 0) is 35.9 Å². The second-order valence-electron chi connectivity index (χ2n) is 7.99. The van der Waals surface area contributed by atoms with Crippen molar-refractivity contribution < 1.29 is 15.2 Å². The van der Waals surface area contributed by atoms with Crippen molar-refractivity contribution in [2.45, 2.75) is 25.4 Å². The Balaban J connectivity index is 1.38. The molecule has 3 atom stereocenters. The molecule has 2 aliphatic heterocycles. The van der Waals surface area contributed by atoms with E-state index in [1.807, 2.05) is 46.0 Å². The zero-order valence-electron chi connectivity index (χ0n) is 15.8. The number of rotatable bonds is 3. The summed E-state index contributed by atoms with van der Waals surface area (Å²) in [6, 6.07) is 13.1. The Bertz CT molecular complexity index is 1150. The number of likely N-dealkylation sites (tertiary alicyclic amines) is 1. The number of para-hydroxylation sites is 1. The van der Waals surface area contributed by atoms with Gasteiger partial charge in [-0.1, -0.05) is 18.2 Å². The summed E-state index contributed by atoms with van der Waals surface area (Å²) in [7, 11) is 0. The van der Waals surface area contributed by atoms with Crippen LogP contribution in [0.3, 0.4) is 0 Å². The van der Waals surface area contributed by atoms with Crippen LogP contribution in [0.5, 0.6) is 0 Å². The van der Waals surface area contributed by atoms with E-state index in [2.05, 4.69) is 0 Å². The van der Waals surface area contributed by atoms with E-state index in [1.165, 1.54) is 6.07 Å². The van der Waals surface area contributed by atoms with Crippen LogP contribution >= 0.6 is 0 Å². The number of fused-ring (bicyclic) bond motifs is 5.